The Morgan fingerprint density at radius 2 is 2.31 bits per heavy atom. The molecular weight excluding hydrogens is 249 g/mol. The van der Waals surface area contributed by atoms with Crippen LogP contribution in [-0.2, 0) is 0 Å². The van der Waals surface area contributed by atoms with E-state index in [9.17, 15) is 0 Å². The zero-order valence-electron chi connectivity index (χ0n) is 7.20. The summed E-state index contributed by atoms with van der Waals surface area (Å²) in [6, 6.07) is 5.66. The molecule has 1 aromatic rings. The molecule has 0 aliphatic carbocycles. The van der Waals surface area contributed by atoms with Gasteiger partial charge in [-0.25, -0.2) is 0 Å². The summed E-state index contributed by atoms with van der Waals surface area (Å²) in [7, 11) is 1.86. The van der Waals surface area contributed by atoms with Gasteiger partial charge in [-0.3, -0.25) is 0 Å². The number of hydrogen-bond acceptors (Lipinski definition) is 1. The van der Waals surface area contributed by atoms with Crippen molar-refractivity contribution >= 4 is 27.5 Å². The molecule has 0 aliphatic heterocycles. The van der Waals surface area contributed by atoms with Crippen molar-refractivity contribution < 1.29 is 0 Å². The van der Waals surface area contributed by atoms with Gasteiger partial charge in [-0.2, -0.15) is 0 Å². The Kier molecular flexibility index (Phi) is 4.31. The molecule has 0 amide bonds. The Morgan fingerprint density at radius 1 is 1.54 bits per heavy atom. The average molecular weight is 259 g/mol. The van der Waals surface area contributed by atoms with Gasteiger partial charge in [0.05, 0.1) is 11.6 Å². The fourth-order valence-electron chi connectivity index (χ4n) is 0.819. The van der Waals surface area contributed by atoms with E-state index in [1.54, 1.807) is 0 Å². The summed E-state index contributed by atoms with van der Waals surface area (Å²) in [5.41, 5.74) is 0.861. The quantitative estimate of drug-likeness (QED) is 0.764. The van der Waals surface area contributed by atoms with Crippen LogP contribution in [0.1, 0.15) is 5.56 Å². The third-order valence-corrected chi connectivity index (χ3v) is 2.23. The van der Waals surface area contributed by atoms with Crippen molar-refractivity contribution in [2.75, 3.05) is 13.6 Å². The first-order chi connectivity index (χ1) is 6.24. The lowest BCUT2D eigenvalue weighted by molar-refractivity contribution is 0.938. The summed E-state index contributed by atoms with van der Waals surface area (Å²) >= 11 is 9.29. The van der Waals surface area contributed by atoms with Gasteiger partial charge in [-0.05, 0) is 25.2 Å². The molecule has 0 saturated heterocycles. The fraction of sp³-hybridized carbons (Fsp3) is 0.200. The summed E-state index contributed by atoms with van der Waals surface area (Å²) in [5.74, 6) is 5.93. The molecule has 1 aromatic carbocycles. The molecule has 0 bridgehead atoms. The van der Waals surface area contributed by atoms with Gasteiger partial charge in [0.2, 0.25) is 0 Å². The molecule has 1 nitrogen and oxygen atoms in total. The molecule has 0 unspecified atom stereocenters. The van der Waals surface area contributed by atoms with Gasteiger partial charge in [0, 0.05) is 10.0 Å². The van der Waals surface area contributed by atoms with Crippen molar-refractivity contribution in [2.45, 2.75) is 0 Å². The standard InChI is InChI=1S/C10H9BrClN/c1-13-6-2-3-8-4-5-9(11)7-10(8)12/h4-5,7,13H,6H2,1H3. The number of halogens is 2. The van der Waals surface area contributed by atoms with Crippen LogP contribution in [0.15, 0.2) is 22.7 Å². The van der Waals surface area contributed by atoms with Crippen LogP contribution in [0.4, 0.5) is 0 Å². The molecular formula is C10H9BrClN. The van der Waals surface area contributed by atoms with Crippen LogP contribution >= 0.6 is 27.5 Å². The second-order valence-electron chi connectivity index (χ2n) is 2.46. The highest BCUT2D eigenvalue weighted by Crippen LogP contribution is 2.20. The highest BCUT2D eigenvalue weighted by Gasteiger charge is 1.96. The van der Waals surface area contributed by atoms with E-state index >= 15 is 0 Å². The van der Waals surface area contributed by atoms with Crippen molar-refractivity contribution in [3.8, 4) is 11.8 Å². The van der Waals surface area contributed by atoms with Crippen molar-refractivity contribution in [2.24, 2.45) is 0 Å². The molecule has 13 heavy (non-hydrogen) atoms. The van der Waals surface area contributed by atoms with Crippen LogP contribution in [0.2, 0.25) is 5.02 Å². The van der Waals surface area contributed by atoms with E-state index in [1.807, 2.05) is 25.2 Å². The maximum Gasteiger partial charge on any atom is 0.0577 e. The maximum absolute atomic E-state index is 5.96. The minimum Gasteiger partial charge on any atom is -0.309 e. The summed E-state index contributed by atoms with van der Waals surface area (Å²) in [6.45, 7) is 0.673. The van der Waals surface area contributed by atoms with E-state index in [4.69, 9.17) is 11.6 Å². The molecule has 68 valence electrons. The molecule has 0 aliphatic rings. The zero-order valence-corrected chi connectivity index (χ0v) is 9.54. The second-order valence-corrected chi connectivity index (χ2v) is 3.78. The monoisotopic (exact) mass is 257 g/mol. The van der Waals surface area contributed by atoms with E-state index in [2.05, 4.69) is 33.1 Å². The Hall–Kier alpha value is -0.490. The topological polar surface area (TPSA) is 12.0 Å². The van der Waals surface area contributed by atoms with E-state index in [1.165, 1.54) is 0 Å². The average Bonchev–Trinajstić information content (AvgIpc) is 2.09. The van der Waals surface area contributed by atoms with Crippen molar-refractivity contribution in [3.05, 3.63) is 33.3 Å². The lowest BCUT2D eigenvalue weighted by Crippen LogP contribution is -2.04. The van der Waals surface area contributed by atoms with Gasteiger partial charge in [0.25, 0.3) is 0 Å². The van der Waals surface area contributed by atoms with Gasteiger partial charge in [0.1, 0.15) is 0 Å². The van der Waals surface area contributed by atoms with Crippen LogP contribution in [0.5, 0.6) is 0 Å². The third-order valence-electron chi connectivity index (χ3n) is 1.42. The molecule has 0 fully saturated rings. The summed E-state index contributed by atoms with van der Waals surface area (Å²) in [4.78, 5) is 0. The van der Waals surface area contributed by atoms with Crippen LogP contribution in [0.25, 0.3) is 0 Å². The minimum absolute atomic E-state index is 0.673. The van der Waals surface area contributed by atoms with Crippen LogP contribution in [-0.4, -0.2) is 13.6 Å². The van der Waals surface area contributed by atoms with Gasteiger partial charge in [-0.1, -0.05) is 39.4 Å². The Bertz CT molecular complexity index is 352. The van der Waals surface area contributed by atoms with Crippen LogP contribution in [0, 0.1) is 11.8 Å². The van der Waals surface area contributed by atoms with Gasteiger partial charge in [-0.15, -0.1) is 0 Å². The number of rotatable bonds is 1. The molecule has 0 saturated carbocycles. The van der Waals surface area contributed by atoms with E-state index in [-0.39, 0.29) is 0 Å². The lowest BCUT2D eigenvalue weighted by Gasteiger charge is -1.95. The molecule has 1 N–H and O–H groups in total. The van der Waals surface area contributed by atoms with Gasteiger partial charge in [0.15, 0.2) is 0 Å². The number of benzene rings is 1. The van der Waals surface area contributed by atoms with Gasteiger partial charge >= 0.3 is 0 Å². The number of hydrogen-bond donors (Lipinski definition) is 1. The molecule has 1 rings (SSSR count). The summed E-state index contributed by atoms with van der Waals surface area (Å²) < 4.78 is 0.969. The fourth-order valence-corrected chi connectivity index (χ4v) is 1.54. The summed E-state index contributed by atoms with van der Waals surface area (Å²) in [5, 5.41) is 3.62. The maximum atomic E-state index is 5.96. The lowest BCUT2D eigenvalue weighted by atomic mass is 10.2. The Morgan fingerprint density at radius 3 is 2.92 bits per heavy atom. The predicted octanol–water partition coefficient (Wildman–Crippen LogP) is 2.67. The summed E-state index contributed by atoms with van der Waals surface area (Å²) in [6.07, 6.45) is 0. The molecule has 0 heterocycles. The Balaban J connectivity index is 2.85. The van der Waals surface area contributed by atoms with E-state index in [0.717, 1.165) is 10.0 Å². The largest absolute Gasteiger partial charge is 0.309 e. The first-order valence-corrected chi connectivity index (χ1v) is 4.99. The first-order valence-electron chi connectivity index (χ1n) is 3.82. The highest BCUT2D eigenvalue weighted by atomic mass is 79.9. The van der Waals surface area contributed by atoms with Crippen molar-refractivity contribution in [3.63, 3.8) is 0 Å². The van der Waals surface area contributed by atoms with E-state index in [0.29, 0.717) is 11.6 Å². The van der Waals surface area contributed by atoms with Crippen LogP contribution in [0.3, 0.4) is 0 Å². The molecule has 0 aromatic heterocycles. The smallest absolute Gasteiger partial charge is 0.0577 e. The van der Waals surface area contributed by atoms with Crippen molar-refractivity contribution in [1.82, 2.24) is 5.32 Å². The SMILES string of the molecule is CNCC#Cc1ccc(Br)cc1Cl. The normalized spacial score (nSPS) is 9.15. The van der Waals surface area contributed by atoms with Crippen molar-refractivity contribution in [1.29, 1.82) is 0 Å². The zero-order chi connectivity index (χ0) is 9.68. The molecule has 0 radical (unpaired) electrons. The molecule has 0 spiro atoms. The number of nitrogens with one attached hydrogen (secondary N) is 1. The third kappa shape index (κ3) is 3.40. The first kappa shape index (κ1) is 10.6. The van der Waals surface area contributed by atoms with Crippen LogP contribution < -0.4 is 5.32 Å². The predicted molar refractivity (Wildman–Crippen MR) is 60.0 cm³/mol. The van der Waals surface area contributed by atoms with Gasteiger partial charge < -0.3 is 5.32 Å². The molecule has 3 heteroatoms. The Labute approximate surface area is 91.6 Å². The molecule has 0 atom stereocenters. The second kappa shape index (κ2) is 5.29. The highest BCUT2D eigenvalue weighted by molar-refractivity contribution is 9.10. The minimum atomic E-state index is 0.673. The van der Waals surface area contributed by atoms with E-state index < -0.39 is 0 Å².